The number of anilines is 1. The van der Waals surface area contributed by atoms with E-state index in [4.69, 9.17) is 21.0 Å². The molecule has 1 aromatic carbocycles. The number of benzene rings is 1. The fourth-order valence-corrected chi connectivity index (χ4v) is 3.83. The second kappa shape index (κ2) is 7.74. The molecule has 1 saturated heterocycles. The fraction of sp³-hybridized carbons (Fsp3) is 0.273. The highest BCUT2D eigenvalue weighted by atomic mass is 15.4. The van der Waals surface area contributed by atoms with Gasteiger partial charge in [0.25, 0.3) is 0 Å². The molecule has 9 heteroatoms. The number of nitrogens with zero attached hydrogens (tertiary/aromatic N) is 8. The molecule has 5 rings (SSSR count). The van der Waals surface area contributed by atoms with E-state index in [1.807, 2.05) is 25.2 Å². The van der Waals surface area contributed by atoms with Crippen LogP contribution in [0.2, 0.25) is 0 Å². The van der Waals surface area contributed by atoms with Crippen molar-refractivity contribution < 1.29 is 0 Å². The molecule has 4 heterocycles. The number of hydrogen-bond acceptors (Lipinski definition) is 8. The number of hydrogen-bond donors (Lipinski definition) is 1. The van der Waals surface area contributed by atoms with Crippen LogP contribution in [0.4, 0.5) is 5.82 Å². The summed E-state index contributed by atoms with van der Waals surface area (Å²) in [6.45, 7) is 1.71. The van der Waals surface area contributed by atoms with E-state index in [1.165, 1.54) is 0 Å². The first-order valence-corrected chi connectivity index (χ1v) is 10.2. The number of aromatic nitrogens is 6. The van der Waals surface area contributed by atoms with Crippen molar-refractivity contribution in [1.29, 1.82) is 5.26 Å². The van der Waals surface area contributed by atoms with Crippen LogP contribution in [0.1, 0.15) is 18.4 Å². The summed E-state index contributed by atoms with van der Waals surface area (Å²) in [5.41, 5.74) is 11.2. The van der Waals surface area contributed by atoms with Crippen LogP contribution in [0.3, 0.4) is 0 Å². The normalized spacial score (nSPS) is 14.7. The van der Waals surface area contributed by atoms with E-state index in [2.05, 4.69) is 26.3 Å². The van der Waals surface area contributed by atoms with E-state index in [-0.39, 0.29) is 6.04 Å². The van der Waals surface area contributed by atoms with E-state index in [0.29, 0.717) is 22.4 Å². The first kappa shape index (κ1) is 19.1. The third-order valence-corrected chi connectivity index (χ3v) is 5.62. The van der Waals surface area contributed by atoms with Crippen LogP contribution in [-0.2, 0) is 7.05 Å². The van der Waals surface area contributed by atoms with Gasteiger partial charge >= 0.3 is 0 Å². The lowest BCUT2D eigenvalue weighted by Gasteiger charge is -2.31. The summed E-state index contributed by atoms with van der Waals surface area (Å²) >= 11 is 0. The zero-order chi connectivity index (χ0) is 21.4. The van der Waals surface area contributed by atoms with Gasteiger partial charge in [-0.15, -0.1) is 5.10 Å². The summed E-state index contributed by atoms with van der Waals surface area (Å²) < 4.78 is 1.64. The van der Waals surface area contributed by atoms with E-state index < -0.39 is 0 Å². The molecule has 0 unspecified atom stereocenters. The number of rotatable bonds is 3. The summed E-state index contributed by atoms with van der Waals surface area (Å²) in [6.07, 6.45) is 5.44. The zero-order valence-electron chi connectivity index (χ0n) is 17.1. The Balaban J connectivity index is 1.62. The minimum absolute atomic E-state index is 0.242. The Morgan fingerprint density at radius 1 is 1.03 bits per heavy atom. The van der Waals surface area contributed by atoms with Gasteiger partial charge in [0.2, 0.25) is 0 Å². The van der Waals surface area contributed by atoms with Gasteiger partial charge in [0.15, 0.2) is 5.65 Å². The van der Waals surface area contributed by atoms with E-state index in [0.717, 1.165) is 48.6 Å². The highest BCUT2D eigenvalue weighted by Gasteiger charge is 2.20. The van der Waals surface area contributed by atoms with Crippen LogP contribution in [0.25, 0.3) is 33.7 Å². The van der Waals surface area contributed by atoms with Crippen LogP contribution >= 0.6 is 0 Å². The predicted octanol–water partition coefficient (Wildman–Crippen LogP) is 2.29. The first-order valence-electron chi connectivity index (χ1n) is 10.2. The molecule has 0 bridgehead atoms. The van der Waals surface area contributed by atoms with Crippen molar-refractivity contribution in [2.75, 3.05) is 18.0 Å². The molecular formula is C22H21N9. The topological polar surface area (TPSA) is 122 Å². The van der Waals surface area contributed by atoms with Crippen molar-refractivity contribution in [1.82, 2.24) is 29.9 Å². The van der Waals surface area contributed by atoms with Crippen LogP contribution in [0.15, 0.2) is 42.7 Å². The molecule has 31 heavy (non-hydrogen) atoms. The number of nitrogens with two attached hydrogens (primary N) is 1. The zero-order valence-corrected chi connectivity index (χ0v) is 17.1. The maximum atomic E-state index is 9.15. The van der Waals surface area contributed by atoms with Gasteiger partial charge in [-0.3, -0.25) is 4.98 Å². The molecule has 4 aromatic rings. The van der Waals surface area contributed by atoms with Crippen molar-refractivity contribution in [3.63, 3.8) is 0 Å². The smallest absolute Gasteiger partial charge is 0.178 e. The predicted molar refractivity (Wildman–Crippen MR) is 117 cm³/mol. The number of aryl methyl sites for hydroxylation is 1. The molecule has 0 radical (unpaired) electrons. The Bertz CT molecular complexity index is 1280. The summed E-state index contributed by atoms with van der Waals surface area (Å²) in [5.74, 6) is 0.823. The van der Waals surface area contributed by atoms with Gasteiger partial charge in [-0.2, -0.15) is 5.26 Å². The van der Waals surface area contributed by atoms with Gasteiger partial charge in [0.1, 0.15) is 11.3 Å². The molecule has 1 aliphatic rings. The average Bonchev–Trinajstić information content (AvgIpc) is 3.19. The fourth-order valence-electron chi connectivity index (χ4n) is 3.83. The Morgan fingerprint density at radius 2 is 1.81 bits per heavy atom. The van der Waals surface area contributed by atoms with Gasteiger partial charge in [-0.25, -0.2) is 14.6 Å². The summed E-state index contributed by atoms with van der Waals surface area (Å²) in [6, 6.07) is 11.7. The molecule has 1 aliphatic heterocycles. The Kier molecular flexibility index (Phi) is 4.76. The van der Waals surface area contributed by atoms with Gasteiger partial charge in [0.05, 0.1) is 29.2 Å². The second-order valence-electron chi connectivity index (χ2n) is 7.72. The number of nitriles is 1. The lowest BCUT2D eigenvalue weighted by molar-refractivity contribution is 0.498. The Labute approximate surface area is 179 Å². The van der Waals surface area contributed by atoms with E-state index in [9.17, 15) is 0 Å². The molecule has 9 nitrogen and oxygen atoms in total. The maximum absolute atomic E-state index is 9.15. The van der Waals surface area contributed by atoms with Crippen molar-refractivity contribution in [2.45, 2.75) is 18.9 Å². The largest absolute Gasteiger partial charge is 0.355 e. The maximum Gasteiger partial charge on any atom is 0.178 e. The van der Waals surface area contributed by atoms with Crippen LogP contribution in [0, 0.1) is 11.3 Å². The Morgan fingerprint density at radius 3 is 2.55 bits per heavy atom. The molecular weight excluding hydrogens is 390 g/mol. The Hall–Kier alpha value is -3.90. The summed E-state index contributed by atoms with van der Waals surface area (Å²) in [7, 11) is 1.81. The van der Waals surface area contributed by atoms with E-state index >= 15 is 0 Å². The second-order valence-corrected chi connectivity index (χ2v) is 7.72. The SMILES string of the molecule is Cn1nnc2cc(-c3ncc(N4CCC(N)CC4)nc3-c3ccc(C#N)cc3)cnc21. The summed E-state index contributed by atoms with van der Waals surface area (Å²) in [4.78, 5) is 16.5. The average molecular weight is 411 g/mol. The lowest BCUT2D eigenvalue weighted by Crippen LogP contribution is -2.40. The van der Waals surface area contributed by atoms with Gasteiger partial charge in [-0.05, 0) is 31.0 Å². The minimum Gasteiger partial charge on any atom is -0.355 e. The van der Waals surface area contributed by atoms with Gasteiger partial charge in [0, 0.05) is 43.5 Å². The minimum atomic E-state index is 0.242. The van der Waals surface area contributed by atoms with Gasteiger partial charge < -0.3 is 10.6 Å². The van der Waals surface area contributed by atoms with Crippen molar-refractivity contribution in [3.8, 4) is 28.6 Å². The van der Waals surface area contributed by atoms with Crippen molar-refractivity contribution in [3.05, 3.63) is 48.3 Å². The third kappa shape index (κ3) is 3.58. The highest BCUT2D eigenvalue weighted by molar-refractivity contribution is 5.83. The van der Waals surface area contributed by atoms with Crippen molar-refractivity contribution in [2.24, 2.45) is 12.8 Å². The summed E-state index contributed by atoms with van der Waals surface area (Å²) in [5, 5.41) is 17.4. The quantitative estimate of drug-likeness (QED) is 0.545. The number of fused-ring (bicyclic) bond motifs is 1. The molecule has 2 N–H and O–H groups in total. The molecule has 0 aliphatic carbocycles. The van der Waals surface area contributed by atoms with Crippen LogP contribution < -0.4 is 10.6 Å². The molecule has 0 saturated carbocycles. The monoisotopic (exact) mass is 411 g/mol. The van der Waals surface area contributed by atoms with Crippen molar-refractivity contribution >= 4 is 17.0 Å². The highest BCUT2D eigenvalue weighted by Crippen LogP contribution is 2.32. The van der Waals surface area contributed by atoms with Gasteiger partial charge in [-0.1, -0.05) is 17.3 Å². The molecule has 0 atom stereocenters. The van der Waals surface area contributed by atoms with E-state index in [1.54, 1.807) is 29.2 Å². The molecule has 3 aromatic heterocycles. The first-order chi connectivity index (χ1) is 15.1. The third-order valence-electron chi connectivity index (χ3n) is 5.62. The standard InChI is InChI=1S/C22H21N9/c1-30-22-18(28-29-30)10-16(12-26-22)20-21(15-4-2-14(11-23)3-5-15)27-19(13-25-20)31-8-6-17(24)7-9-31/h2-5,10,12-13,17H,6-9,24H2,1H3. The van der Waals surface area contributed by atoms with Crippen LogP contribution in [0.5, 0.6) is 0 Å². The molecule has 154 valence electrons. The van der Waals surface area contributed by atoms with Crippen LogP contribution in [-0.4, -0.2) is 49.1 Å². The number of piperidine rings is 1. The number of pyridine rings is 1. The molecule has 1 fully saturated rings. The lowest BCUT2D eigenvalue weighted by atomic mass is 10.0. The molecule has 0 amide bonds. The molecule has 0 spiro atoms.